The molecule has 0 spiro atoms. The first-order valence-corrected chi connectivity index (χ1v) is 12.9. The number of para-hydroxylation sites is 1. The van der Waals surface area contributed by atoms with Gasteiger partial charge in [-0.3, -0.25) is 4.98 Å². The zero-order valence-electron chi connectivity index (χ0n) is 23.1. The van der Waals surface area contributed by atoms with Crippen molar-refractivity contribution < 1.29 is 30.6 Å². The van der Waals surface area contributed by atoms with E-state index < -0.39 is 11.6 Å². The van der Waals surface area contributed by atoms with Gasteiger partial charge in [0.15, 0.2) is 5.82 Å². The molecule has 0 atom stereocenters. The summed E-state index contributed by atoms with van der Waals surface area (Å²) in [6.45, 7) is 10.8. The predicted octanol–water partition coefficient (Wildman–Crippen LogP) is 8.84. The van der Waals surface area contributed by atoms with Gasteiger partial charge in [0.25, 0.3) is 0 Å². The number of anilines is 3. The van der Waals surface area contributed by atoms with E-state index in [2.05, 4.69) is 62.7 Å². The van der Waals surface area contributed by atoms with E-state index in [1.54, 1.807) is 18.3 Å². The summed E-state index contributed by atoms with van der Waals surface area (Å²) in [4.78, 5) is 11.6. The van der Waals surface area contributed by atoms with E-state index in [1.165, 1.54) is 11.6 Å². The van der Waals surface area contributed by atoms with E-state index >= 15 is 0 Å². The number of nitrogens with zero attached hydrogens (tertiary/aromatic N) is 3. The number of hydrogen-bond donors (Lipinski definition) is 1. The van der Waals surface area contributed by atoms with Gasteiger partial charge >= 0.3 is 0 Å². The fourth-order valence-corrected chi connectivity index (χ4v) is 4.78. The van der Waals surface area contributed by atoms with Crippen molar-refractivity contribution in [3.05, 3.63) is 120 Å². The first-order chi connectivity index (χ1) is 18.6. The maximum absolute atomic E-state index is 14.2. The first-order valence-electron chi connectivity index (χ1n) is 12.9. The van der Waals surface area contributed by atoms with E-state index in [0.717, 1.165) is 33.9 Å². The number of rotatable bonds is 5. The Morgan fingerprint density at radius 3 is 2.17 bits per heavy atom. The fourth-order valence-electron chi connectivity index (χ4n) is 4.78. The van der Waals surface area contributed by atoms with Gasteiger partial charge in [-0.05, 0) is 72.0 Å². The van der Waals surface area contributed by atoms with Crippen molar-refractivity contribution in [3.63, 3.8) is 0 Å². The van der Waals surface area contributed by atoms with Gasteiger partial charge in [0.05, 0.1) is 17.1 Å². The zero-order chi connectivity index (χ0) is 27.7. The summed E-state index contributed by atoms with van der Waals surface area (Å²) in [5.74, 6) is -0.364. The summed E-state index contributed by atoms with van der Waals surface area (Å²) in [5.41, 5.74) is 7.63. The molecule has 0 amide bonds. The molecule has 5 rings (SSSR count). The molecule has 1 N–H and O–H groups in total. The number of aryl methyl sites for hydroxylation is 2. The Hall–Kier alpha value is -3.82. The number of benzene rings is 3. The third kappa shape index (κ3) is 5.85. The topological polar surface area (TPSA) is 49.2 Å². The molecule has 6 heteroatoms. The second-order valence-electron chi connectivity index (χ2n) is 10.7. The van der Waals surface area contributed by atoms with Crippen LogP contribution in [-0.4, -0.2) is 15.1 Å². The van der Waals surface area contributed by atoms with Gasteiger partial charge in [-0.2, -0.15) is 0 Å². The molecule has 206 valence electrons. The van der Waals surface area contributed by atoms with Gasteiger partial charge in [0.2, 0.25) is 0 Å². The largest absolute Gasteiger partial charge is 0.514 e. The molecule has 3 aromatic carbocycles. The Kier molecular flexibility index (Phi) is 8.56. The first kappa shape index (κ1) is 29.2. The van der Waals surface area contributed by atoms with Crippen LogP contribution in [-0.2, 0) is 26.5 Å². The number of aromatic nitrogens is 2. The molecule has 0 saturated heterocycles. The minimum absolute atomic E-state index is 0. The summed E-state index contributed by atoms with van der Waals surface area (Å²) in [6.07, 6.45) is 1.75. The molecule has 0 aliphatic rings. The van der Waals surface area contributed by atoms with Gasteiger partial charge < -0.3 is 10.0 Å². The van der Waals surface area contributed by atoms with Crippen molar-refractivity contribution >= 4 is 17.2 Å². The van der Waals surface area contributed by atoms with Crippen LogP contribution in [0.1, 0.15) is 37.5 Å². The van der Waals surface area contributed by atoms with Gasteiger partial charge in [0.1, 0.15) is 11.6 Å². The van der Waals surface area contributed by atoms with Gasteiger partial charge in [-0.15, -0.1) is 29.8 Å². The van der Waals surface area contributed by atoms with E-state index in [9.17, 15) is 9.50 Å². The minimum atomic E-state index is -0.669. The Morgan fingerprint density at radius 1 is 0.825 bits per heavy atom. The normalized spacial score (nSPS) is 11.2. The van der Waals surface area contributed by atoms with Crippen LogP contribution in [0.5, 0.6) is 5.75 Å². The van der Waals surface area contributed by atoms with Crippen molar-refractivity contribution in [2.24, 2.45) is 0 Å². The average molecular weight is 712 g/mol. The standard InChI is InChI=1S/C34H31FN3O.Pt/c1-22-19-25(34(3,4)5)20-23(2)32(22)38(31-17-10-16-30(37-31)29-15-6-7-18-36-29)26-12-8-11-24(21-26)27-13-9-14-28(35)33(27)39;/h6-20,39H,1-5H3;/q-1;. The van der Waals surface area contributed by atoms with E-state index in [1.807, 2.05) is 54.6 Å². The van der Waals surface area contributed by atoms with Crippen LogP contribution < -0.4 is 4.90 Å². The van der Waals surface area contributed by atoms with Crippen molar-refractivity contribution in [1.82, 2.24) is 9.97 Å². The maximum atomic E-state index is 14.2. The third-order valence-electron chi connectivity index (χ3n) is 6.77. The van der Waals surface area contributed by atoms with Gasteiger partial charge in [-0.1, -0.05) is 62.7 Å². The SMILES string of the molecule is Cc1cc(C(C)(C)C)cc(C)c1N(c1[c-]c(-c2cccc(F)c2O)ccc1)c1cccc(-c2ccccn2)n1.[Pt]. The molecule has 0 saturated carbocycles. The predicted molar refractivity (Wildman–Crippen MR) is 156 cm³/mol. The van der Waals surface area contributed by atoms with Gasteiger partial charge in [0, 0.05) is 27.3 Å². The second-order valence-corrected chi connectivity index (χ2v) is 10.7. The molecule has 0 fully saturated rings. The molecule has 2 aromatic heterocycles. The molecule has 4 nitrogen and oxygen atoms in total. The van der Waals surface area contributed by atoms with Crippen LogP contribution in [0, 0.1) is 25.7 Å². The fraction of sp³-hybridized carbons (Fsp3) is 0.176. The smallest absolute Gasteiger partial charge is 0.155 e. The minimum Gasteiger partial charge on any atom is -0.514 e. The summed E-state index contributed by atoms with van der Waals surface area (Å²) in [7, 11) is 0. The van der Waals surface area contributed by atoms with E-state index in [4.69, 9.17) is 4.98 Å². The summed E-state index contributed by atoms with van der Waals surface area (Å²) < 4.78 is 14.2. The van der Waals surface area contributed by atoms with Crippen molar-refractivity contribution in [1.29, 1.82) is 0 Å². The van der Waals surface area contributed by atoms with E-state index in [0.29, 0.717) is 16.9 Å². The number of phenolic OH excluding ortho intramolecular Hbond substituents is 1. The van der Waals surface area contributed by atoms with Crippen LogP contribution >= 0.6 is 0 Å². The molecule has 5 aromatic rings. The Balaban J connectivity index is 0.00000370. The van der Waals surface area contributed by atoms with Crippen molar-refractivity contribution in [3.8, 4) is 28.3 Å². The third-order valence-corrected chi connectivity index (χ3v) is 6.77. The molecule has 0 aliphatic heterocycles. The number of aromatic hydroxyl groups is 1. The average Bonchev–Trinajstić information content (AvgIpc) is 2.92. The number of pyridine rings is 2. The number of halogens is 1. The molecule has 0 unspecified atom stereocenters. The van der Waals surface area contributed by atoms with E-state index in [-0.39, 0.29) is 26.5 Å². The van der Waals surface area contributed by atoms with Gasteiger partial charge in [-0.25, -0.2) is 9.37 Å². The molecular formula is C34H31FN3OPt-. The Morgan fingerprint density at radius 2 is 1.50 bits per heavy atom. The molecular weight excluding hydrogens is 680 g/mol. The molecule has 0 aliphatic carbocycles. The van der Waals surface area contributed by atoms with Crippen LogP contribution in [0.2, 0.25) is 0 Å². The molecule has 40 heavy (non-hydrogen) atoms. The molecule has 2 heterocycles. The molecule has 0 bridgehead atoms. The molecule has 0 radical (unpaired) electrons. The summed E-state index contributed by atoms with van der Waals surface area (Å²) in [5, 5.41) is 10.4. The maximum Gasteiger partial charge on any atom is 0.155 e. The van der Waals surface area contributed by atoms with Crippen molar-refractivity contribution in [2.45, 2.75) is 40.0 Å². The zero-order valence-corrected chi connectivity index (χ0v) is 25.4. The van der Waals surface area contributed by atoms with Crippen LogP contribution in [0.15, 0.2) is 91.1 Å². The van der Waals surface area contributed by atoms with Crippen LogP contribution in [0.3, 0.4) is 0 Å². The quantitative estimate of drug-likeness (QED) is 0.185. The summed E-state index contributed by atoms with van der Waals surface area (Å²) in [6, 6.07) is 29.7. The van der Waals surface area contributed by atoms with Crippen LogP contribution in [0.25, 0.3) is 22.5 Å². The number of hydrogen-bond acceptors (Lipinski definition) is 4. The Bertz CT molecular complexity index is 1620. The second kappa shape index (κ2) is 11.7. The number of phenols is 1. The van der Waals surface area contributed by atoms with Crippen LogP contribution in [0.4, 0.5) is 21.6 Å². The monoisotopic (exact) mass is 711 g/mol. The van der Waals surface area contributed by atoms with Crippen molar-refractivity contribution in [2.75, 3.05) is 4.90 Å². The summed E-state index contributed by atoms with van der Waals surface area (Å²) >= 11 is 0. The Labute approximate surface area is 249 Å².